The highest BCUT2D eigenvalue weighted by Crippen LogP contribution is 2.57. The van der Waals surface area contributed by atoms with Crippen molar-refractivity contribution >= 4 is 55.1 Å². The summed E-state index contributed by atoms with van der Waals surface area (Å²) >= 11 is 0. The molecule has 4 aliphatic rings. The molecule has 0 spiro atoms. The van der Waals surface area contributed by atoms with Crippen LogP contribution in [0.2, 0.25) is 0 Å². The molecule has 0 unspecified atom stereocenters. The van der Waals surface area contributed by atoms with E-state index in [0.717, 1.165) is 30.0 Å². The molecule has 2 amide bonds. The van der Waals surface area contributed by atoms with E-state index in [2.05, 4.69) is 14.8 Å². The largest absolute Gasteiger partial charge is 0.472 e. The highest BCUT2D eigenvalue weighted by molar-refractivity contribution is 7.91. The molecule has 0 bridgehead atoms. The van der Waals surface area contributed by atoms with Crippen molar-refractivity contribution in [2.75, 3.05) is 6.54 Å². The minimum atomic E-state index is -3.96. The van der Waals surface area contributed by atoms with Gasteiger partial charge in [0.25, 0.3) is 0 Å². The van der Waals surface area contributed by atoms with Gasteiger partial charge in [-0.1, -0.05) is 43.2 Å². The van der Waals surface area contributed by atoms with Crippen LogP contribution in [0.25, 0.3) is 21.7 Å². The Kier molecular flexibility index (Phi) is 9.82. The molecule has 2 aliphatic carbocycles. The maximum absolute atomic E-state index is 14.7. The standard InChI is InChI=1S/C42H46FN5O7S/c1-41(17-18-41)56(53,54)46-40(52)42-23-27(42)11-7-5-3-4-6-10-26(20-36(49)33-16-19-47(2)45-33)39(51)48-25-29(22-35(48)37(50)24-42)55-38-32-13-9-8-12-30(32)31-15-14-28(43)21-34(31)44-38/h7-9,11-16,19,21,26-27,29,35H,3-6,10,17-18,20,22-25H2,1-2H3,(H,46,52)/b11-7-/t26-,27-,29-,35+,42-/m1/s1. The number of Topliss-reactive ketones (excluding diaryl/α,β-unsaturated/α-hetero) is 2. The molecule has 3 fully saturated rings. The first-order valence-electron chi connectivity index (χ1n) is 19.5. The molecule has 1 N–H and O–H groups in total. The predicted octanol–water partition coefficient (Wildman–Crippen LogP) is 5.98. The van der Waals surface area contributed by atoms with Gasteiger partial charge in [0.1, 0.15) is 17.6 Å². The average molecular weight is 784 g/mol. The molecule has 2 saturated carbocycles. The summed E-state index contributed by atoms with van der Waals surface area (Å²) in [7, 11) is -2.25. The van der Waals surface area contributed by atoms with Gasteiger partial charge in [0, 0.05) is 55.3 Å². The van der Waals surface area contributed by atoms with Crippen molar-refractivity contribution in [3.63, 3.8) is 0 Å². The Bertz CT molecular complexity index is 2390. The van der Waals surface area contributed by atoms with Crippen LogP contribution in [0.3, 0.4) is 0 Å². The van der Waals surface area contributed by atoms with Crippen molar-refractivity contribution < 1.29 is 36.7 Å². The Morgan fingerprint density at radius 3 is 2.57 bits per heavy atom. The van der Waals surface area contributed by atoms with E-state index in [-0.39, 0.29) is 60.8 Å². The number of ketones is 2. The van der Waals surface area contributed by atoms with Crippen LogP contribution in [0.15, 0.2) is 66.9 Å². The summed E-state index contributed by atoms with van der Waals surface area (Å²) in [6, 6.07) is 12.4. The lowest BCUT2D eigenvalue weighted by Crippen LogP contribution is -2.47. The van der Waals surface area contributed by atoms with Crippen LogP contribution in [0, 0.1) is 23.1 Å². The minimum absolute atomic E-state index is 0.00989. The Morgan fingerprint density at radius 2 is 1.82 bits per heavy atom. The van der Waals surface area contributed by atoms with Crippen LogP contribution in [0.1, 0.15) is 88.0 Å². The molecule has 1 saturated heterocycles. The normalized spacial score (nSPS) is 27.2. The number of pyridine rings is 1. The van der Waals surface area contributed by atoms with Crippen LogP contribution in [0.4, 0.5) is 4.39 Å². The van der Waals surface area contributed by atoms with Gasteiger partial charge >= 0.3 is 0 Å². The second kappa shape index (κ2) is 14.5. The van der Waals surface area contributed by atoms with Gasteiger partial charge in [-0.3, -0.25) is 28.6 Å². The number of nitrogens with one attached hydrogen (secondary N) is 1. The molecule has 8 rings (SSSR count). The monoisotopic (exact) mass is 783 g/mol. The topological polar surface area (TPSA) is 158 Å². The van der Waals surface area contributed by atoms with Gasteiger partial charge in [-0.15, -0.1) is 0 Å². The fourth-order valence-electron chi connectivity index (χ4n) is 8.46. The van der Waals surface area contributed by atoms with E-state index in [1.54, 1.807) is 32.3 Å². The van der Waals surface area contributed by atoms with Crippen LogP contribution in [-0.4, -0.2) is 74.9 Å². The molecule has 12 nitrogen and oxygen atoms in total. The molecule has 14 heteroatoms. The van der Waals surface area contributed by atoms with Crippen molar-refractivity contribution in [2.45, 2.75) is 94.4 Å². The fraction of sp³-hybridized carbons (Fsp3) is 0.476. The van der Waals surface area contributed by atoms with Crippen molar-refractivity contribution in [3.05, 3.63) is 78.4 Å². The number of amides is 2. The zero-order valence-electron chi connectivity index (χ0n) is 31.6. The molecule has 2 aromatic heterocycles. The number of aryl methyl sites for hydroxylation is 1. The second-order valence-electron chi connectivity index (χ2n) is 16.4. The number of hydrogen-bond acceptors (Lipinski definition) is 9. The summed E-state index contributed by atoms with van der Waals surface area (Å²) in [5.74, 6) is -3.01. The summed E-state index contributed by atoms with van der Waals surface area (Å²) < 4.78 is 50.2. The Hall–Kier alpha value is -4.98. The number of carbonyl (C=O) groups excluding carboxylic acids is 4. The van der Waals surface area contributed by atoms with Gasteiger partial charge in [0.2, 0.25) is 27.7 Å². The van der Waals surface area contributed by atoms with Gasteiger partial charge in [-0.25, -0.2) is 17.8 Å². The van der Waals surface area contributed by atoms with Gasteiger partial charge < -0.3 is 9.64 Å². The molecular formula is C42H46FN5O7S. The summed E-state index contributed by atoms with van der Waals surface area (Å²) in [4.78, 5) is 63.0. The zero-order valence-corrected chi connectivity index (χ0v) is 32.4. The first-order valence-corrected chi connectivity index (χ1v) is 21.0. The van der Waals surface area contributed by atoms with Gasteiger partial charge in [0.15, 0.2) is 11.6 Å². The lowest BCUT2D eigenvalue weighted by atomic mass is 9.90. The maximum Gasteiger partial charge on any atom is 0.240 e. The lowest BCUT2D eigenvalue weighted by molar-refractivity contribution is -0.142. The van der Waals surface area contributed by atoms with Crippen LogP contribution < -0.4 is 9.46 Å². The minimum Gasteiger partial charge on any atom is -0.472 e. The highest BCUT2D eigenvalue weighted by atomic mass is 32.2. The number of hydrogen-bond donors (Lipinski definition) is 1. The Labute approximate surface area is 324 Å². The summed E-state index contributed by atoms with van der Waals surface area (Å²) in [5.41, 5.74) is -0.638. The van der Waals surface area contributed by atoms with Gasteiger partial charge in [0.05, 0.1) is 28.3 Å². The van der Waals surface area contributed by atoms with E-state index in [4.69, 9.17) is 4.74 Å². The Morgan fingerprint density at radius 1 is 1.04 bits per heavy atom. The average Bonchev–Trinajstić information content (AvgIpc) is 3.97. The third-order valence-corrected chi connectivity index (χ3v) is 14.5. The lowest BCUT2D eigenvalue weighted by Gasteiger charge is -2.29. The third-order valence-electron chi connectivity index (χ3n) is 12.3. The van der Waals surface area contributed by atoms with Crippen LogP contribution >= 0.6 is 0 Å². The van der Waals surface area contributed by atoms with Gasteiger partial charge in [-0.2, -0.15) is 5.10 Å². The van der Waals surface area contributed by atoms with E-state index in [0.29, 0.717) is 43.0 Å². The van der Waals surface area contributed by atoms with Crippen molar-refractivity contribution in [1.82, 2.24) is 24.4 Å². The van der Waals surface area contributed by atoms with Crippen LogP contribution in [-0.2, 0) is 31.5 Å². The molecule has 56 heavy (non-hydrogen) atoms. The first-order chi connectivity index (χ1) is 26.8. The Balaban J connectivity index is 1.13. The van der Waals surface area contributed by atoms with Crippen LogP contribution in [0.5, 0.6) is 5.88 Å². The van der Waals surface area contributed by atoms with E-state index >= 15 is 0 Å². The van der Waals surface area contributed by atoms with Crippen molar-refractivity contribution in [1.29, 1.82) is 0 Å². The van der Waals surface area contributed by atoms with Gasteiger partial charge in [-0.05, 0) is 81.0 Å². The number of ether oxygens (including phenoxy) is 1. The smallest absolute Gasteiger partial charge is 0.240 e. The first kappa shape index (κ1) is 37.9. The molecule has 4 heterocycles. The molecule has 2 aromatic carbocycles. The number of aromatic nitrogens is 3. The molecular weight excluding hydrogens is 738 g/mol. The number of fused-ring (bicyclic) bond motifs is 5. The molecule has 4 aromatic rings. The number of allylic oxidation sites excluding steroid dienone is 2. The second-order valence-corrected chi connectivity index (χ2v) is 18.6. The number of rotatable bonds is 8. The molecule has 5 atom stereocenters. The number of benzene rings is 2. The number of carbonyl (C=O) groups is 4. The van der Waals surface area contributed by atoms with E-state index < -0.39 is 50.0 Å². The van der Waals surface area contributed by atoms with Crippen molar-refractivity contribution in [2.24, 2.45) is 24.3 Å². The van der Waals surface area contributed by atoms with Crippen molar-refractivity contribution in [3.8, 4) is 5.88 Å². The fourth-order valence-corrected chi connectivity index (χ4v) is 9.79. The van der Waals surface area contributed by atoms with E-state index in [9.17, 15) is 32.0 Å². The number of sulfonamides is 1. The van der Waals surface area contributed by atoms with E-state index in [1.807, 2.05) is 36.4 Å². The molecule has 2 aliphatic heterocycles. The predicted molar refractivity (Wildman–Crippen MR) is 206 cm³/mol. The summed E-state index contributed by atoms with van der Waals surface area (Å²) in [5, 5.41) is 6.49. The molecule has 294 valence electrons. The number of nitrogens with zero attached hydrogens (tertiary/aromatic N) is 4. The SMILES string of the molecule is Cn1ccc(C(=O)C[C@H]2CCCCC/C=C\[C@@H]3C[C@@]3(C(=O)NS(=O)(=O)C3(C)CC3)CC(=O)[C@@H]3C[C@@H](Oc4nc5cc(F)ccc5c5ccccc45)CN3C2=O)n1. The maximum atomic E-state index is 14.7. The zero-order chi connectivity index (χ0) is 39.4. The molecule has 0 radical (unpaired) electrons. The summed E-state index contributed by atoms with van der Waals surface area (Å²) in [6.07, 6.45) is 9.26. The number of halogens is 1. The quantitative estimate of drug-likeness (QED) is 0.129. The highest BCUT2D eigenvalue weighted by Gasteiger charge is 2.62. The summed E-state index contributed by atoms with van der Waals surface area (Å²) in [6.45, 7) is 1.61. The van der Waals surface area contributed by atoms with E-state index in [1.165, 1.54) is 21.7 Å². The third kappa shape index (κ3) is 7.23.